The molecule has 0 atom stereocenters. The number of rotatable bonds is 7. The van der Waals surface area contributed by atoms with Crippen LogP contribution in [0.15, 0.2) is 33.7 Å². The summed E-state index contributed by atoms with van der Waals surface area (Å²) in [5, 5.41) is 9.81. The minimum Gasteiger partial charge on any atom is -0.356 e. The van der Waals surface area contributed by atoms with E-state index in [1.807, 2.05) is 24.3 Å². The van der Waals surface area contributed by atoms with Gasteiger partial charge < -0.3 is 20.9 Å². The number of carbonyl (C=O) groups is 1. The molecule has 1 fully saturated rings. The first-order valence-electron chi connectivity index (χ1n) is 9.74. The van der Waals surface area contributed by atoms with Gasteiger partial charge in [-0.25, -0.2) is 0 Å². The highest BCUT2D eigenvalue weighted by Crippen LogP contribution is 2.13. The first-order chi connectivity index (χ1) is 13.0. The molecule has 0 unspecified atom stereocenters. The lowest BCUT2D eigenvalue weighted by molar-refractivity contribution is 0.0953. The van der Waals surface area contributed by atoms with Gasteiger partial charge in [0.25, 0.3) is 5.91 Å². The molecule has 2 rings (SSSR count). The number of hydrogen-bond acceptors (Lipinski definition) is 3. The van der Waals surface area contributed by atoms with E-state index in [-0.39, 0.29) is 29.9 Å². The molecule has 6 nitrogen and oxygen atoms in total. The van der Waals surface area contributed by atoms with Gasteiger partial charge in [-0.05, 0) is 51.3 Å². The summed E-state index contributed by atoms with van der Waals surface area (Å²) in [6.45, 7) is 8.17. The standard InChI is InChI=1S/C20H32BrN5O.HI/c1-15(2)26-12-8-18(9-13-26)25-20(22-3)24-11-5-10-23-19(27)16-6-4-7-17(21)14-16;/h4,6-7,14-15,18H,5,8-13H2,1-3H3,(H,23,27)(H2,22,24,25);1H. The summed E-state index contributed by atoms with van der Waals surface area (Å²) in [6.07, 6.45) is 3.12. The van der Waals surface area contributed by atoms with Crippen molar-refractivity contribution in [1.82, 2.24) is 20.9 Å². The fraction of sp³-hybridized carbons (Fsp3) is 0.600. The first kappa shape index (κ1) is 25.2. The smallest absolute Gasteiger partial charge is 0.251 e. The number of likely N-dealkylation sites (tertiary alicyclic amines) is 1. The van der Waals surface area contributed by atoms with Crippen molar-refractivity contribution >= 4 is 51.8 Å². The zero-order valence-electron chi connectivity index (χ0n) is 17.0. The fourth-order valence-corrected chi connectivity index (χ4v) is 3.58. The van der Waals surface area contributed by atoms with Gasteiger partial charge in [-0.3, -0.25) is 9.79 Å². The quantitative estimate of drug-likeness (QED) is 0.205. The normalized spacial score (nSPS) is 15.8. The molecule has 0 saturated carbocycles. The molecule has 158 valence electrons. The molecule has 1 heterocycles. The van der Waals surface area contributed by atoms with Crippen molar-refractivity contribution in [3.63, 3.8) is 0 Å². The lowest BCUT2D eigenvalue weighted by atomic mass is 10.0. The summed E-state index contributed by atoms with van der Waals surface area (Å²) in [5.41, 5.74) is 0.669. The van der Waals surface area contributed by atoms with E-state index in [2.05, 4.69) is 55.6 Å². The van der Waals surface area contributed by atoms with Crippen LogP contribution in [0.25, 0.3) is 0 Å². The Kier molecular flexibility index (Phi) is 12.0. The maximum absolute atomic E-state index is 12.1. The number of hydrogen-bond donors (Lipinski definition) is 3. The van der Waals surface area contributed by atoms with Gasteiger partial charge in [0, 0.05) is 55.3 Å². The fourth-order valence-electron chi connectivity index (χ4n) is 3.18. The van der Waals surface area contributed by atoms with Crippen LogP contribution in [0.4, 0.5) is 0 Å². The Hall–Kier alpha value is -0.870. The number of nitrogens with one attached hydrogen (secondary N) is 3. The highest BCUT2D eigenvalue weighted by molar-refractivity contribution is 14.0. The molecule has 1 aliphatic heterocycles. The SMILES string of the molecule is CN=C(NCCCNC(=O)c1cccc(Br)c1)NC1CCN(C(C)C)CC1.I. The molecule has 1 saturated heterocycles. The molecule has 1 aromatic rings. The maximum Gasteiger partial charge on any atom is 0.251 e. The molecule has 3 N–H and O–H groups in total. The van der Waals surface area contributed by atoms with E-state index < -0.39 is 0 Å². The van der Waals surface area contributed by atoms with Crippen molar-refractivity contribution in [1.29, 1.82) is 0 Å². The average Bonchev–Trinajstić information content (AvgIpc) is 2.67. The van der Waals surface area contributed by atoms with Gasteiger partial charge >= 0.3 is 0 Å². The van der Waals surface area contributed by atoms with Crippen molar-refractivity contribution in [3.05, 3.63) is 34.3 Å². The van der Waals surface area contributed by atoms with E-state index in [1.165, 1.54) is 0 Å². The molecular formula is C20H33BrIN5O. The lowest BCUT2D eigenvalue weighted by Crippen LogP contribution is -2.50. The van der Waals surface area contributed by atoms with E-state index in [1.54, 1.807) is 7.05 Å². The Balaban J connectivity index is 0.00000392. The Morgan fingerprint density at radius 1 is 1.25 bits per heavy atom. The zero-order chi connectivity index (χ0) is 19.6. The molecule has 8 heteroatoms. The highest BCUT2D eigenvalue weighted by atomic mass is 127. The summed E-state index contributed by atoms with van der Waals surface area (Å²) in [6, 6.07) is 8.50. The molecule has 1 aliphatic rings. The Bertz CT molecular complexity index is 633. The summed E-state index contributed by atoms with van der Waals surface area (Å²) in [4.78, 5) is 18.9. The molecule has 0 bridgehead atoms. The third kappa shape index (κ3) is 8.65. The minimum atomic E-state index is -0.0456. The molecule has 1 amide bonds. The van der Waals surface area contributed by atoms with Crippen molar-refractivity contribution in [2.24, 2.45) is 4.99 Å². The van der Waals surface area contributed by atoms with Crippen molar-refractivity contribution in [2.75, 3.05) is 33.2 Å². The Labute approximate surface area is 194 Å². The number of piperidine rings is 1. The van der Waals surface area contributed by atoms with E-state index in [0.29, 0.717) is 24.2 Å². The molecule has 0 radical (unpaired) electrons. The third-order valence-corrected chi connectivity index (χ3v) is 5.34. The summed E-state index contributed by atoms with van der Waals surface area (Å²) in [5.74, 6) is 0.798. The van der Waals surface area contributed by atoms with Crippen molar-refractivity contribution in [3.8, 4) is 0 Å². The number of amides is 1. The van der Waals surface area contributed by atoms with E-state index >= 15 is 0 Å². The lowest BCUT2D eigenvalue weighted by Gasteiger charge is -2.35. The summed E-state index contributed by atoms with van der Waals surface area (Å²) < 4.78 is 0.908. The second kappa shape index (κ2) is 13.4. The number of carbonyl (C=O) groups excluding carboxylic acids is 1. The third-order valence-electron chi connectivity index (χ3n) is 4.84. The summed E-state index contributed by atoms with van der Waals surface area (Å²) >= 11 is 3.39. The van der Waals surface area contributed by atoms with Gasteiger partial charge in [0.1, 0.15) is 0 Å². The van der Waals surface area contributed by atoms with Gasteiger partial charge in [0.05, 0.1) is 0 Å². The van der Waals surface area contributed by atoms with E-state index in [9.17, 15) is 4.79 Å². The number of aliphatic imine (C=N–C) groups is 1. The zero-order valence-corrected chi connectivity index (χ0v) is 20.9. The van der Waals surface area contributed by atoms with Crippen LogP contribution in [0.2, 0.25) is 0 Å². The van der Waals surface area contributed by atoms with Crippen molar-refractivity contribution < 1.29 is 4.79 Å². The Morgan fingerprint density at radius 2 is 1.93 bits per heavy atom. The highest BCUT2D eigenvalue weighted by Gasteiger charge is 2.21. The molecule has 0 spiro atoms. The van der Waals surface area contributed by atoms with Crippen LogP contribution in [-0.4, -0.2) is 62.1 Å². The molecule has 1 aromatic carbocycles. The number of guanidine groups is 1. The number of nitrogens with zero attached hydrogens (tertiary/aromatic N) is 2. The monoisotopic (exact) mass is 565 g/mol. The average molecular weight is 566 g/mol. The van der Waals surface area contributed by atoms with Gasteiger partial charge in [-0.2, -0.15) is 0 Å². The topological polar surface area (TPSA) is 68.8 Å². The molecular weight excluding hydrogens is 533 g/mol. The van der Waals surface area contributed by atoms with Crippen LogP contribution in [0.5, 0.6) is 0 Å². The minimum absolute atomic E-state index is 0. The summed E-state index contributed by atoms with van der Waals surface area (Å²) in [7, 11) is 1.80. The molecule has 0 aliphatic carbocycles. The van der Waals surface area contributed by atoms with Gasteiger partial charge in [0.15, 0.2) is 5.96 Å². The van der Waals surface area contributed by atoms with Crippen LogP contribution >= 0.6 is 39.9 Å². The Morgan fingerprint density at radius 3 is 2.54 bits per heavy atom. The number of halogens is 2. The predicted molar refractivity (Wildman–Crippen MR) is 131 cm³/mol. The van der Waals surface area contributed by atoms with Crippen LogP contribution in [0, 0.1) is 0 Å². The molecule has 28 heavy (non-hydrogen) atoms. The van der Waals surface area contributed by atoms with Crippen LogP contribution in [-0.2, 0) is 0 Å². The first-order valence-corrected chi connectivity index (χ1v) is 10.5. The second-order valence-corrected chi connectivity index (χ2v) is 8.08. The van der Waals surface area contributed by atoms with E-state index in [0.717, 1.165) is 49.3 Å². The van der Waals surface area contributed by atoms with Crippen molar-refractivity contribution in [2.45, 2.75) is 45.2 Å². The van der Waals surface area contributed by atoms with Gasteiger partial charge in [-0.1, -0.05) is 22.0 Å². The van der Waals surface area contributed by atoms with E-state index in [4.69, 9.17) is 0 Å². The number of benzene rings is 1. The van der Waals surface area contributed by atoms with Crippen LogP contribution in [0.1, 0.15) is 43.5 Å². The largest absolute Gasteiger partial charge is 0.356 e. The predicted octanol–water partition coefficient (Wildman–Crippen LogP) is 3.22. The maximum atomic E-state index is 12.1. The molecule has 0 aromatic heterocycles. The van der Waals surface area contributed by atoms with Gasteiger partial charge in [0.2, 0.25) is 0 Å². The van der Waals surface area contributed by atoms with Crippen LogP contribution < -0.4 is 16.0 Å². The van der Waals surface area contributed by atoms with Gasteiger partial charge in [-0.15, -0.1) is 24.0 Å². The van der Waals surface area contributed by atoms with Crippen LogP contribution in [0.3, 0.4) is 0 Å². The second-order valence-electron chi connectivity index (χ2n) is 7.17.